The molecule has 1 rings (SSSR count). The largest absolute Gasteiger partial charge is 0.464 e. The van der Waals surface area contributed by atoms with Crippen LogP contribution in [0.25, 0.3) is 0 Å². The second-order valence-corrected chi connectivity index (χ2v) is 6.79. The number of aliphatic hydroxyl groups excluding tert-OH is 1. The monoisotopic (exact) mass is 315 g/mol. The topological polar surface area (TPSA) is 76.1 Å². The minimum Gasteiger partial charge on any atom is -0.464 e. The van der Waals surface area contributed by atoms with E-state index in [0.29, 0.717) is 26.1 Å². The normalized spacial score (nSPS) is 20.4. The third-order valence-electron chi connectivity index (χ3n) is 3.54. The summed E-state index contributed by atoms with van der Waals surface area (Å²) in [6.45, 7) is 8.67. The third-order valence-corrected chi connectivity index (χ3v) is 3.54. The predicted molar refractivity (Wildman–Crippen MR) is 82.4 cm³/mol. The van der Waals surface area contributed by atoms with Crippen LogP contribution in [0.1, 0.15) is 53.4 Å². The molecule has 6 nitrogen and oxygen atoms in total. The van der Waals surface area contributed by atoms with Gasteiger partial charge in [0, 0.05) is 19.0 Å². The zero-order valence-electron chi connectivity index (χ0n) is 14.1. The summed E-state index contributed by atoms with van der Waals surface area (Å²) in [6.07, 6.45) is 1.57. The number of nitrogens with zero attached hydrogens (tertiary/aromatic N) is 1. The molecule has 0 aromatic rings. The van der Waals surface area contributed by atoms with Gasteiger partial charge < -0.3 is 19.5 Å². The van der Waals surface area contributed by atoms with Crippen LogP contribution in [-0.2, 0) is 14.3 Å². The molecule has 128 valence electrons. The van der Waals surface area contributed by atoms with Crippen molar-refractivity contribution in [3.05, 3.63) is 0 Å². The molecule has 0 bridgehead atoms. The summed E-state index contributed by atoms with van der Waals surface area (Å²) in [4.78, 5) is 25.4. The van der Waals surface area contributed by atoms with E-state index in [2.05, 4.69) is 0 Å². The number of esters is 1. The number of amides is 1. The van der Waals surface area contributed by atoms with Gasteiger partial charge >= 0.3 is 12.1 Å². The summed E-state index contributed by atoms with van der Waals surface area (Å²) in [6, 6.07) is 0. The molecule has 1 heterocycles. The van der Waals surface area contributed by atoms with Gasteiger partial charge in [0.1, 0.15) is 5.60 Å². The van der Waals surface area contributed by atoms with Crippen LogP contribution in [0.2, 0.25) is 0 Å². The predicted octanol–water partition coefficient (Wildman–Crippen LogP) is 2.34. The molecule has 0 aliphatic carbocycles. The zero-order valence-corrected chi connectivity index (χ0v) is 14.1. The van der Waals surface area contributed by atoms with Crippen molar-refractivity contribution < 1.29 is 24.2 Å². The molecule has 6 heteroatoms. The van der Waals surface area contributed by atoms with Crippen LogP contribution in [0.5, 0.6) is 0 Å². The van der Waals surface area contributed by atoms with E-state index in [1.807, 2.05) is 27.7 Å². The molecule has 0 aromatic carbocycles. The van der Waals surface area contributed by atoms with Crippen molar-refractivity contribution in [3.8, 4) is 0 Å². The highest BCUT2D eigenvalue weighted by Crippen LogP contribution is 2.22. The molecule has 2 atom stereocenters. The van der Waals surface area contributed by atoms with Crippen molar-refractivity contribution in [1.82, 2.24) is 4.90 Å². The first-order chi connectivity index (χ1) is 10.2. The van der Waals surface area contributed by atoms with Crippen LogP contribution in [0.3, 0.4) is 0 Å². The maximum atomic E-state index is 12.1. The summed E-state index contributed by atoms with van der Waals surface area (Å²) in [5.74, 6) is -0.889. The highest BCUT2D eigenvalue weighted by atomic mass is 16.6. The number of ether oxygens (including phenoxy) is 2. The van der Waals surface area contributed by atoms with E-state index in [1.165, 1.54) is 0 Å². The molecule has 1 amide bonds. The molecule has 1 N–H and O–H groups in total. The van der Waals surface area contributed by atoms with Crippen molar-refractivity contribution in [3.63, 3.8) is 0 Å². The van der Waals surface area contributed by atoms with Gasteiger partial charge in [-0.25, -0.2) is 9.59 Å². The molecule has 0 radical (unpaired) electrons. The van der Waals surface area contributed by atoms with E-state index >= 15 is 0 Å². The molecule has 22 heavy (non-hydrogen) atoms. The summed E-state index contributed by atoms with van der Waals surface area (Å²) in [5, 5.41) is 10.1. The molecule has 1 unspecified atom stereocenters. The number of likely N-dealkylation sites (tertiary alicyclic amines) is 1. The Morgan fingerprint density at radius 3 is 2.64 bits per heavy atom. The molecule has 1 fully saturated rings. The second kappa shape index (κ2) is 8.36. The fourth-order valence-electron chi connectivity index (χ4n) is 2.35. The minimum atomic E-state index is -1.18. The first-order valence-corrected chi connectivity index (χ1v) is 8.07. The van der Waals surface area contributed by atoms with Crippen LogP contribution < -0.4 is 0 Å². The third kappa shape index (κ3) is 6.22. The molecule has 0 saturated carbocycles. The van der Waals surface area contributed by atoms with Gasteiger partial charge in [-0.05, 0) is 40.0 Å². The molecule has 0 aromatic heterocycles. The summed E-state index contributed by atoms with van der Waals surface area (Å²) < 4.78 is 10.4. The maximum absolute atomic E-state index is 12.1. The van der Waals surface area contributed by atoms with E-state index in [4.69, 9.17) is 9.47 Å². The Morgan fingerprint density at radius 1 is 1.36 bits per heavy atom. The molecular weight excluding hydrogens is 286 g/mol. The maximum Gasteiger partial charge on any atom is 0.410 e. The van der Waals surface area contributed by atoms with Gasteiger partial charge in [-0.15, -0.1) is 0 Å². The lowest BCUT2D eigenvalue weighted by molar-refractivity contribution is -0.157. The van der Waals surface area contributed by atoms with Crippen molar-refractivity contribution in [2.45, 2.75) is 65.1 Å². The molecule has 1 saturated heterocycles. The number of aliphatic hydroxyl groups is 1. The average Bonchev–Trinajstić information content (AvgIpc) is 2.45. The quantitative estimate of drug-likeness (QED) is 0.622. The van der Waals surface area contributed by atoms with E-state index in [1.54, 1.807) is 4.90 Å². The van der Waals surface area contributed by atoms with Crippen molar-refractivity contribution >= 4 is 12.1 Å². The number of rotatable bonds is 5. The van der Waals surface area contributed by atoms with Crippen LogP contribution in [0.15, 0.2) is 0 Å². The Morgan fingerprint density at radius 2 is 2.05 bits per heavy atom. The lowest BCUT2D eigenvalue weighted by Gasteiger charge is -2.35. The average molecular weight is 315 g/mol. The van der Waals surface area contributed by atoms with Gasteiger partial charge in [0.15, 0.2) is 6.10 Å². The summed E-state index contributed by atoms with van der Waals surface area (Å²) in [5.41, 5.74) is -0.554. The number of carbonyl (C=O) groups is 2. The number of unbranched alkanes of at least 4 members (excludes halogenated alkanes) is 1. The number of hydrogen-bond donors (Lipinski definition) is 1. The Hall–Kier alpha value is -1.30. The van der Waals surface area contributed by atoms with Crippen LogP contribution in [0.4, 0.5) is 4.79 Å². The SMILES string of the molecule is CCCCOC(=O)C(O)[C@@H]1CCCN(C(=O)OC(C)(C)C)C1. The fraction of sp³-hybridized carbons (Fsp3) is 0.875. The van der Waals surface area contributed by atoms with E-state index in [9.17, 15) is 14.7 Å². The number of carbonyl (C=O) groups excluding carboxylic acids is 2. The highest BCUT2D eigenvalue weighted by molar-refractivity contribution is 5.75. The van der Waals surface area contributed by atoms with Gasteiger partial charge in [0.05, 0.1) is 6.61 Å². The van der Waals surface area contributed by atoms with Crippen molar-refractivity contribution in [1.29, 1.82) is 0 Å². The van der Waals surface area contributed by atoms with Gasteiger partial charge in [-0.3, -0.25) is 0 Å². The molecule has 1 aliphatic heterocycles. The van der Waals surface area contributed by atoms with Gasteiger partial charge in [0.2, 0.25) is 0 Å². The van der Waals surface area contributed by atoms with E-state index < -0.39 is 23.8 Å². The Kier molecular flexibility index (Phi) is 7.13. The number of piperidine rings is 1. The van der Waals surface area contributed by atoms with E-state index in [-0.39, 0.29) is 5.92 Å². The van der Waals surface area contributed by atoms with Crippen LogP contribution in [-0.4, -0.2) is 53.5 Å². The van der Waals surface area contributed by atoms with Crippen molar-refractivity contribution in [2.24, 2.45) is 5.92 Å². The smallest absolute Gasteiger partial charge is 0.410 e. The Balaban J connectivity index is 2.51. The van der Waals surface area contributed by atoms with Crippen molar-refractivity contribution in [2.75, 3.05) is 19.7 Å². The van der Waals surface area contributed by atoms with Crippen LogP contribution >= 0.6 is 0 Å². The first-order valence-electron chi connectivity index (χ1n) is 8.07. The van der Waals surface area contributed by atoms with Crippen LogP contribution in [0, 0.1) is 5.92 Å². The molecular formula is C16H29NO5. The van der Waals surface area contributed by atoms with Gasteiger partial charge in [-0.1, -0.05) is 13.3 Å². The second-order valence-electron chi connectivity index (χ2n) is 6.79. The lowest BCUT2D eigenvalue weighted by atomic mass is 9.92. The molecule has 0 spiro atoms. The minimum absolute atomic E-state index is 0.296. The van der Waals surface area contributed by atoms with Gasteiger partial charge in [0.25, 0.3) is 0 Å². The van der Waals surface area contributed by atoms with E-state index in [0.717, 1.165) is 19.3 Å². The zero-order chi connectivity index (χ0) is 16.8. The molecule has 1 aliphatic rings. The standard InChI is InChI=1S/C16H29NO5/c1-5-6-10-21-14(19)13(18)12-8-7-9-17(11-12)15(20)22-16(2,3)4/h12-13,18H,5-11H2,1-4H3/t12-,13?/m1/s1. The summed E-state index contributed by atoms with van der Waals surface area (Å²) in [7, 11) is 0. The Labute approximate surface area is 132 Å². The van der Waals surface area contributed by atoms with Gasteiger partial charge in [-0.2, -0.15) is 0 Å². The fourth-order valence-corrected chi connectivity index (χ4v) is 2.35. The number of hydrogen-bond acceptors (Lipinski definition) is 5. The summed E-state index contributed by atoms with van der Waals surface area (Å²) >= 11 is 0. The first kappa shape index (κ1) is 18.7. The Bertz CT molecular complexity index is 377. The lowest BCUT2D eigenvalue weighted by Crippen LogP contribution is -2.47. The highest BCUT2D eigenvalue weighted by Gasteiger charge is 2.34.